The molecule has 2 rings (SSSR count). The average Bonchev–Trinajstić information content (AvgIpc) is 2.71. The number of anilines is 1. The van der Waals surface area contributed by atoms with Gasteiger partial charge in [0.25, 0.3) is 0 Å². The fraction of sp³-hybridized carbons (Fsp3) is 0.833. The van der Waals surface area contributed by atoms with Crippen LogP contribution in [0.1, 0.15) is 39.4 Å². The van der Waals surface area contributed by atoms with Gasteiger partial charge >= 0.3 is 0 Å². The second-order valence-electron chi connectivity index (χ2n) is 5.55. The Morgan fingerprint density at radius 2 is 2.29 bits per heavy atom. The molecule has 1 aromatic rings. The van der Waals surface area contributed by atoms with E-state index < -0.39 is 0 Å². The van der Waals surface area contributed by atoms with E-state index in [9.17, 15) is 0 Å². The third-order valence-electron chi connectivity index (χ3n) is 3.51. The van der Waals surface area contributed by atoms with Crippen molar-refractivity contribution in [3.8, 4) is 0 Å². The highest BCUT2D eigenvalue weighted by atomic mass is 32.1. The maximum absolute atomic E-state index is 6.15. The first-order valence-corrected chi connectivity index (χ1v) is 7.13. The van der Waals surface area contributed by atoms with Crippen LogP contribution in [0.15, 0.2) is 0 Å². The van der Waals surface area contributed by atoms with Gasteiger partial charge in [-0.3, -0.25) is 0 Å². The largest absolute Gasteiger partial charge is 0.346 e. The van der Waals surface area contributed by atoms with Crippen molar-refractivity contribution >= 4 is 16.7 Å². The highest BCUT2D eigenvalue weighted by Gasteiger charge is 2.34. The van der Waals surface area contributed by atoms with Gasteiger partial charge in [0.15, 0.2) is 0 Å². The number of hydrogen-bond acceptors (Lipinski definition) is 5. The van der Waals surface area contributed by atoms with E-state index in [1.807, 2.05) is 0 Å². The summed E-state index contributed by atoms with van der Waals surface area (Å²) in [5.41, 5.74) is 6.31. The molecule has 0 spiro atoms. The van der Waals surface area contributed by atoms with Gasteiger partial charge in [-0.1, -0.05) is 20.8 Å². The summed E-state index contributed by atoms with van der Waals surface area (Å²) >= 11 is 1.52. The molecule has 1 unspecified atom stereocenters. The SMILES string of the molecule is CCCc1nsc(N2CCC(N)C(C)(C)C2)n1. The van der Waals surface area contributed by atoms with Crippen LogP contribution in [0, 0.1) is 5.41 Å². The number of hydrogen-bond donors (Lipinski definition) is 1. The molecule has 17 heavy (non-hydrogen) atoms. The maximum Gasteiger partial charge on any atom is 0.205 e. The van der Waals surface area contributed by atoms with Gasteiger partial charge in [0.2, 0.25) is 5.13 Å². The molecule has 1 aromatic heterocycles. The first-order valence-electron chi connectivity index (χ1n) is 6.36. The maximum atomic E-state index is 6.15. The molecular formula is C12H22N4S. The van der Waals surface area contributed by atoms with Gasteiger partial charge in [-0.15, -0.1) is 0 Å². The molecule has 0 bridgehead atoms. The molecule has 2 heterocycles. The average molecular weight is 254 g/mol. The van der Waals surface area contributed by atoms with Crippen LogP contribution in [0.4, 0.5) is 5.13 Å². The minimum absolute atomic E-state index is 0.162. The van der Waals surface area contributed by atoms with E-state index in [0.29, 0.717) is 6.04 Å². The van der Waals surface area contributed by atoms with Crippen LogP contribution in [-0.4, -0.2) is 28.5 Å². The molecule has 1 aliphatic heterocycles. The number of nitrogens with two attached hydrogens (primary N) is 1. The predicted octanol–water partition coefficient (Wildman–Crippen LogP) is 2.05. The van der Waals surface area contributed by atoms with Crippen molar-refractivity contribution in [3.05, 3.63) is 5.82 Å². The molecule has 0 aliphatic carbocycles. The lowest BCUT2D eigenvalue weighted by atomic mass is 9.80. The zero-order chi connectivity index (χ0) is 12.5. The van der Waals surface area contributed by atoms with Crippen molar-refractivity contribution in [1.29, 1.82) is 0 Å². The highest BCUT2D eigenvalue weighted by Crippen LogP contribution is 2.31. The number of nitrogens with zero attached hydrogens (tertiary/aromatic N) is 3. The van der Waals surface area contributed by atoms with Crippen molar-refractivity contribution in [2.24, 2.45) is 11.1 Å². The first kappa shape index (κ1) is 12.8. The quantitative estimate of drug-likeness (QED) is 0.897. The third kappa shape index (κ3) is 2.77. The Morgan fingerprint density at radius 1 is 1.53 bits per heavy atom. The molecule has 4 nitrogen and oxygen atoms in total. The number of aromatic nitrogens is 2. The van der Waals surface area contributed by atoms with E-state index in [-0.39, 0.29) is 5.41 Å². The summed E-state index contributed by atoms with van der Waals surface area (Å²) < 4.78 is 4.41. The van der Waals surface area contributed by atoms with Crippen LogP contribution in [0.3, 0.4) is 0 Å². The smallest absolute Gasteiger partial charge is 0.205 e. The summed E-state index contributed by atoms with van der Waals surface area (Å²) in [6, 6.07) is 0.293. The van der Waals surface area contributed by atoms with E-state index in [1.165, 1.54) is 11.5 Å². The third-order valence-corrected chi connectivity index (χ3v) is 4.33. The Morgan fingerprint density at radius 3 is 2.94 bits per heavy atom. The molecular weight excluding hydrogens is 232 g/mol. The molecule has 2 N–H and O–H groups in total. The summed E-state index contributed by atoms with van der Waals surface area (Å²) in [6.07, 6.45) is 3.12. The Labute approximate surface area is 107 Å². The lowest BCUT2D eigenvalue weighted by Gasteiger charge is -2.42. The monoisotopic (exact) mass is 254 g/mol. The zero-order valence-electron chi connectivity index (χ0n) is 10.9. The molecule has 96 valence electrons. The first-order chi connectivity index (χ1) is 8.03. The van der Waals surface area contributed by atoms with Crippen LogP contribution in [0.2, 0.25) is 0 Å². The second kappa shape index (κ2) is 4.90. The zero-order valence-corrected chi connectivity index (χ0v) is 11.8. The van der Waals surface area contributed by atoms with Crippen LogP contribution < -0.4 is 10.6 Å². The van der Waals surface area contributed by atoms with Crippen LogP contribution >= 0.6 is 11.5 Å². The number of aryl methyl sites for hydroxylation is 1. The van der Waals surface area contributed by atoms with E-state index in [1.54, 1.807) is 0 Å². The minimum Gasteiger partial charge on any atom is -0.346 e. The molecule has 1 saturated heterocycles. The van der Waals surface area contributed by atoms with Gasteiger partial charge in [-0.05, 0) is 18.3 Å². The van der Waals surface area contributed by atoms with Gasteiger partial charge in [-0.2, -0.15) is 4.37 Å². The van der Waals surface area contributed by atoms with E-state index >= 15 is 0 Å². The second-order valence-corrected chi connectivity index (χ2v) is 6.28. The minimum atomic E-state index is 0.162. The predicted molar refractivity (Wildman–Crippen MR) is 72.5 cm³/mol. The summed E-state index contributed by atoms with van der Waals surface area (Å²) in [6.45, 7) is 8.61. The van der Waals surface area contributed by atoms with Crippen molar-refractivity contribution in [1.82, 2.24) is 9.36 Å². The van der Waals surface area contributed by atoms with Gasteiger partial charge in [0.1, 0.15) is 5.82 Å². The van der Waals surface area contributed by atoms with Crippen molar-refractivity contribution in [3.63, 3.8) is 0 Å². The normalized spacial score (nSPS) is 24.0. The Bertz CT molecular complexity index is 374. The van der Waals surface area contributed by atoms with Crippen molar-refractivity contribution in [2.45, 2.75) is 46.1 Å². The molecule has 0 aromatic carbocycles. The summed E-state index contributed by atoms with van der Waals surface area (Å²) in [5, 5.41) is 1.06. The fourth-order valence-electron chi connectivity index (χ4n) is 2.24. The standard InChI is InChI=1S/C12H22N4S/c1-4-5-10-14-11(17-15-10)16-7-6-9(13)12(2,3)8-16/h9H,4-8,13H2,1-3H3. The summed E-state index contributed by atoms with van der Waals surface area (Å²) in [4.78, 5) is 6.94. The Hall–Kier alpha value is -0.680. The Kier molecular flexibility index (Phi) is 3.68. The van der Waals surface area contributed by atoms with Crippen molar-refractivity contribution in [2.75, 3.05) is 18.0 Å². The molecule has 0 amide bonds. The summed E-state index contributed by atoms with van der Waals surface area (Å²) in [5.74, 6) is 0.986. The Balaban J connectivity index is 2.07. The molecule has 5 heteroatoms. The molecule has 0 saturated carbocycles. The molecule has 1 aliphatic rings. The van der Waals surface area contributed by atoms with E-state index in [2.05, 4.69) is 35.0 Å². The van der Waals surface area contributed by atoms with Gasteiger partial charge in [0.05, 0.1) is 0 Å². The lowest BCUT2D eigenvalue weighted by Crippen LogP contribution is -2.52. The molecule has 1 fully saturated rings. The van der Waals surface area contributed by atoms with Crippen molar-refractivity contribution < 1.29 is 0 Å². The van der Waals surface area contributed by atoms with Gasteiger partial charge in [-0.25, -0.2) is 4.98 Å². The van der Waals surface area contributed by atoms with Crippen LogP contribution in [0.5, 0.6) is 0 Å². The summed E-state index contributed by atoms with van der Waals surface area (Å²) in [7, 11) is 0. The lowest BCUT2D eigenvalue weighted by molar-refractivity contribution is 0.245. The van der Waals surface area contributed by atoms with Gasteiger partial charge < -0.3 is 10.6 Å². The number of piperidine rings is 1. The van der Waals surface area contributed by atoms with Gasteiger partial charge in [0, 0.05) is 37.1 Å². The molecule has 1 atom stereocenters. The van der Waals surface area contributed by atoms with Crippen LogP contribution in [-0.2, 0) is 6.42 Å². The highest BCUT2D eigenvalue weighted by molar-refractivity contribution is 7.09. The topological polar surface area (TPSA) is 55.0 Å². The van der Waals surface area contributed by atoms with E-state index in [4.69, 9.17) is 5.73 Å². The molecule has 0 radical (unpaired) electrons. The van der Waals surface area contributed by atoms with Crippen LogP contribution in [0.25, 0.3) is 0 Å². The van der Waals surface area contributed by atoms with E-state index in [0.717, 1.165) is 43.3 Å². The fourth-order valence-corrected chi connectivity index (χ4v) is 2.97. The number of rotatable bonds is 3.